The van der Waals surface area contributed by atoms with Gasteiger partial charge in [-0.3, -0.25) is 4.79 Å². The third-order valence-electron chi connectivity index (χ3n) is 5.14. The van der Waals surface area contributed by atoms with E-state index in [9.17, 15) is 23.1 Å². The number of aromatic hydroxyl groups is 1. The number of phenolic OH excluding ortho intramolecular Hbond substituents is 1. The van der Waals surface area contributed by atoms with Gasteiger partial charge in [-0.1, -0.05) is 12.1 Å². The first-order valence-corrected chi connectivity index (χ1v) is 12.1. The van der Waals surface area contributed by atoms with Crippen molar-refractivity contribution >= 4 is 21.9 Å². The van der Waals surface area contributed by atoms with Crippen LogP contribution in [0.4, 0.5) is 0 Å². The third kappa shape index (κ3) is 6.11. The quantitative estimate of drug-likeness (QED) is 0.574. The second kappa shape index (κ2) is 9.52. The topological polar surface area (TPSA) is 131 Å². The first-order valence-electron chi connectivity index (χ1n) is 10.7. The summed E-state index contributed by atoms with van der Waals surface area (Å²) in [7, 11) is -2.30. The maximum Gasteiger partial charge on any atom is 0.329 e. The first-order chi connectivity index (χ1) is 15.4. The molecule has 0 radical (unpaired) electrons. The number of nitrogens with one attached hydrogen (secondary N) is 1. The molecule has 1 fully saturated rings. The minimum Gasteiger partial charge on any atom is -0.508 e. The van der Waals surface area contributed by atoms with Gasteiger partial charge in [0.15, 0.2) is 5.03 Å². The van der Waals surface area contributed by atoms with Gasteiger partial charge in [0.2, 0.25) is 5.91 Å². The molecule has 0 saturated carbocycles. The van der Waals surface area contributed by atoms with E-state index in [1.54, 1.807) is 40.0 Å². The number of imidazole rings is 1. The van der Waals surface area contributed by atoms with Crippen LogP contribution < -0.4 is 5.32 Å². The van der Waals surface area contributed by atoms with Gasteiger partial charge in [-0.05, 0) is 51.3 Å². The maximum absolute atomic E-state index is 13.2. The molecule has 1 aromatic carbocycles. The van der Waals surface area contributed by atoms with E-state index in [0.717, 1.165) is 4.31 Å². The number of benzene rings is 1. The number of amides is 1. The van der Waals surface area contributed by atoms with E-state index in [1.807, 2.05) is 0 Å². The molecule has 180 valence electrons. The monoisotopic (exact) mass is 478 g/mol. The van der Waals surface area contributed by atoms with Crippen molar-refractivity contribution in [2.75, 3.05) is 6.54 Å². The Balaban J connectivity index is 1.81. The predicted octanol–water partition coefficient (Wildman–Crippen LogP) is 1.35. The van der Waals surface area contributed by atoms with Crippen LogP contribution in [0.15, 0.2) is 41.8 Å². The molecule has 2 N–H and O–H groups in total. The van der Waals surface area contributed by atoms with Gasteiger partial charge in [-0.2, -0.15) is 4.31 Å². The number of nitrogens with zero attached hydrogens (tertiary/aromatic N) is 3. The molecule has 33 heavy (non-hydrogen) atoms. The molecule has 10 nitrogen and oxygen atoms in total. The fourth-order valence-corrected chi connectivity index (χ4v) is 5.26. The molecular formula is C22H30N4O6S. The van der Waals surface area contributed by atoms with E-state index in [0.29, 0.717) is 18.4 Å². The average molecular weight is 479 g/mol. The molecule has 1 amide bonds. The van der Waals surface area contributed by atoms with Crippen LogP contribution in [-0.4, -0.2) is 63.5 Å². The van der Waals surface area contributed by atoms with Crippen molar-refractivity contribution in [3.63, 3.8) is 0 Å². The summed E-state index contributed by atoms with van der Waals surface area (Å²) >= 11 is 0. The van der Waals surface area contributed by atoms with Crippen LogP contribution in [0.3, 0.4) is 0 Å². The van der Waals surface area contributed by atoms with Gasteiger partial charge < -0.3 is 19.7 Å². The highest BCUT2D eigenvalue weighted by atomic mass is 32.2. The average Bonchev–Trinajstić information content (AvgIpc) is 3.37. The zero-order chi connectivity index (χ0) is 24.4. The predicted molar refractivity (Wildman–Crippen MR) is 120 cm³/mol. The van der Waals surface area contributed by atoms with Gasteiger partial charge in [-0.15, -0.1) is 0 Å². The molecular weight excluding hydrogens is 448 g/mol. The Morgan fingerprint density at radius 1 is 1.27 bits per heavy atom. The summed E-state index contributed by atoms with van der Waals surface area (Å²) in [4.78, 5) is 30.0. The molecule has 0 bridgehead atoms. The Bertz CT molecular complexity index is 1100. The number of aryl methyl sites for hydroxylation is 1. The number of ether oxygens (including phenoxy) is 1. The molecule has 0 aliphatic carbocycles. The summed E-state index contributed by atoms with van der Waals surface area (Å²) in [6.45, 7) is 5.36. The Labute approximate surface area is 193 Å². The van der Waals surface area contributed by atoms with Crippen molar-refractivity contribution in [2.24, 2.45) is 7.05 Å². The number of phenols is 1. The molecule has 0 spiro atoms. The van der Waals surface area contributed by atoms with E-state index >= 15 is 0 Å². The van der Waals surface area contributed by atoms with E-state index < -0.39 is 39.6 Å². The van der Waals surface area contributed by atoms with E-state index in [-0.39, 0.29) is 23.7 Å². The number of carbonyl (C=O) groups excluding carboxylic acids is 2. The lowest BCUT2D eigenvalue weighted by molar-refractivity contribution is -0.158. The lowest BCUT2D eigenvalue weighted by Gasteiger charge is -2.27. The zero-order valence-electron chi connectivity index (χ0n) is 19.2. The number of rotatable bonds is 7. The second-order valence-corrected chi connectivity index (χ2v) is 11.0. The van der Waals surface area contributed by atoms with Gasteiger partial charge in [0.05, 0.1) is 6.33 Å². The van der Waals surface area contributed by atoms with E-state index in [2.05, 4.69) is 10.3 Å². The van der Waals surface area contributed by atoms with Crippen LogP contribution in [0, 0.1) is 0 Å². The lowest BCUT2D eigenvalue weighted by atomic mass is 10.0. The molecule has 11 heteroatoms. The summed E-state index contributed by atoms with van der Waals surface area (Å²) in [5.74, 6) is -1.11. The fourth-order valence-electron chi connectivity index (χ4n) is 3.63. The fraction of sp³-hybridized carbons (Fsp3) is 0.500. The SMILES string of the molecule is Cn1cnc(S(=O)(=O)N2CCC[C@H]2C(=O)N[C@@H](Cc2ccc(O)cc2)C(=O)OC(C)(C)C)c1. The van der Waals surface area contributed by atoms with Crippen molar-refractivity contribution in [2.45, 2.75) is 62.7 Å². The van der Waals surface area contributed by atoms with Crippen LogP contribution in [-0.2, 0) is 37.8 Å². The molecule has 1 aliphatic heterocycles. The van der Waals surface area contributed by atoms with Crippen molar-refractivity contribution in [1.29, 1.82) is 0 Å². The number of esters is 1. The van der Waals surface area contributed by atoms with Crippen LogP contribution >= 0.6 is 0 Å². The number of hydrogen-bond donors (Lipinski definition) is 2. The van der Waals surface area contributed by atoms with Gasteiger partial charge >= 0.3 is 5.97 Å². The van der Waals surface area contributed by atoms with Gasteiger partial charge in [-0.25, -0.2) is 18.2 Å². The molecule has 3 rings (SSSR count). The summed E-state index contributed by atoms with van der Waals surface area (Å²) in [6.07, 6.45) is 3.74. The van der Waals surface area contributed by atoms with Crippen molar-refractivity contribution in [3.05, 3.63) is 42.4 Å². The minimum absolute atomic E-state index is 0.0814. The molecule has 1 aliphatic rings. The molecule has 0 unspecified atom stereocenters. The maximum atomic E-state index is 13.2. The zero-order valence-corrected chi connectivity index (χ0v) is 20.0. The number of sulfonamides is 1. The van der Waals surface area contributed by atoms with Crippen LogP contribution in [0.25, 0.3) is 0 Å². The highest BCUT2D eigenvalue weighted by Gasteiger charge is 2.41. The minimum atomic E-state index is -3.96. The van der Waals surface area contributed by atoms with Crippen molar-refractivity contribution in [1.82, 2.24) is 19.2 Å². The molecule has 2 aromatic rings. The number of aromatic nitrogens is 2. The Morgan fingerprint density at radius 3 is 2.52 bits per heavy atom. The summed E-state index contributed by atoms with van der Waals surface area (Å²) in [5.41, 5.74) is -0.0650. The van der Waals surface area contributed by atoms with Crippen molar-refractivity contribution in [3.8, 4) is 5.75 Å². The Kier molecular flexibility index (Phi) is 7.13. The summed E-state index contributed by atoms with van der Waals surface area (Å²) < 4.78 is 34.2. The number of hydrogen-bond acceptors (Lipinski definition) is 7. The van der Waals surface area contributed by atoms with Crippen LogP contribution in [0.2, 0.25) is 0 Å². The number of carbonyl (C=O) groups is 2. The normalized spacial score (nSPS) is 18.1. The van der Waals surface area contributed by atoms with Gasteiger partial charge in [0.25, 0.3) is 10.0 Å². The third-order valence-corrected chi connectivity index (χ3v) is 6.94. The van der Waals surface area contributed by atoms with E-state index in [1.165, 1.54) is 29.2 Å². The molecule has 1 saturated heterocycles. The molecule has 2 atom stereocenters. The summed E-state index contributed by atoms with van der Waals surface area (Å²) in [6, 6.07) is 4.28. The highest BCUT2D eigenvalue weighted by molar-refractivity contribution is 7.89. The summed E-state index contributed by atoms with van der Waals surface area (Å²) in [5, 5.41) is 12.1. The largest absolute Gasteiger partial charge is 0.508 e. The Morgan fingerprint density at radius 2 is 1.94 bits per heavy atom. The smallest absolute Gasteiger partial charge is 0.329 e. The van der Waals surface area contributed by atoms with Crippen LogP contribution in [0.1, 0.15) is 39.2 Å². The second-order valence-electron chi connectivity index (χ2n) is 9.12. The Hall–Kier alpha value is -2.92. The highest BCUT2D eigenvalue weighted by Crippen LogP contribution is 2.26. The molecule has 1 aromatic heterocycles. The first kappa shape index (κ1) is 24.7. The molecule has 2 heterocycles. The van der Waals surface area contributed by atoms with Gasteiger partial charge in [0.1, 0.15) is 23.4 Å². The van der Waals surface area contributed by atoms with Crippen LogP contribution in [0.5, 0.6) is 5.75 Å². The van der Waals surface area contributed by atoms with Gasteiger partial charge in [0, 0.05) is 26.2 Å². The standard InChI is InChI=1S/C22H30N4O6S/c1-22(2,3)32-21(29)17(12-15-7-9-16(27)10-8-15)24-20(28)18-6-5-11-26(18)33(30,31)19-13-25(4)14-23-19/h7-10,13-14,17-18,27H,5-6,11-12H2,1-4H3,(H,24,28)/t17-,18-/m0/s1. The van der Waals surface area contributed by atoms with Crippen molar-refractivity contribution < 1.29 is 27.9 Å². The van der Waals surface area contributed by atoms with E-state index in [4.69, 9.17) is 4.74 Å². The lowest BCUT2D eigenvalue weighted by Crippen LogP contribution is -2.52.